The number of nitrogens with zero attached hydrogens (tertiary/aromatic N) is 2. The highest BCUT2D eigenvalue weighted by Crippen LogP contribution is 2.05. The first-order chi connectivity index (χ1) is 12.0. The number of urea groups is 1. The highest BCUT2D eigenvalue weighted by Gasteiger charge is 2.07. The van der Waals surface area contributed by atoms with Gasteiger partial charge in [-0.3, -0.25) is 9.48 Å². The average molecular weight is 347 g/mol. The average Bonchev–Trinajstić information content (AvgIpc) is 2.97. The summed E-state index contributed by atoms with van der Waals surface area (Å²) in [5.74, 6) is -0.709. The van der Waals surface area contributed by atoms with Gasteiger partial charge < -0.3 is 16.0 Å². The van der Waals surface area contributed by atoms with E-state index in [9.17, 15) is 14.0 Å². The van der Waals surface area contributed by atoms with E-state index in [-0.39, 0.29) is 25.0 Å². The van der Waals surface area contributed by atoms with E-state index >= 15 is 0 Å². The zero-order chi connectivity index (χ0) is 18.2. The van der Waals surface area contributed by atoms with E-state index < -0.39 is 5.82 Å². The van der Waals surface area contributed by atoms with Gasteiger partial charge in [0.1, 0.15) is 5.82 Å². The molecule has 0 bridgehead atoms. The van der Waals surface area contributed by atoms with Gasteiger partial charge in [-0.15, -0.1) is 0 Å². The van der Waals surface area contributed by atoms with E-state index in [1.807, 2.05) is 24.7 Å². The third-order valence-electron chi connectivity index (χ3n) is 3.61. The van der Waals surface area contributed by atoms with Gasteiger partial charge in [0.2, 0.25) is 0 Å². The summed E-state index contributed by atoms with van der Waals surface area (Å²) in [6, 6.07) is 4.94. The maximum Gasteiger partial charge on any atom is 0.315 e. The second kappa shape index (κ2) is 8.81. The van der Waals surface area contributed by atoms with Crippen LogP contribution in [0.2, 0.25) is 0 Å². The number of aromatic nitrogens is 2. The Morgan fingerprint density at radius 3 is 2.44 bits per heavy atom. The second-order valence-electron chi connectivity index (χ2n) is 5.47. The number of aryl methyl sites for hydroxylation is 2. The maximum atomic E-state index is 12.8. The van der Waals surface area contributed by atoms with Crippen molar-refractivity contribution in [1.29, 1.82) is 0 Å². The molecule has 3 amide bonds. The molecule has 0 saturated carbocycles. The molecule has 0 atom stereocenters. The van der Waals surface area contributed by atoms with Gasteiger partial charge in [-0.05, 0) is 38.1 Å². The lowest BCUT2D eigenvalue weighted by atomic mass is 10.2. The van der Waals surface area contributed by atoms with Gasteiger partial charge in [0.15, 0.2) is 0 Å². The minimum absolute atomic E-state index is 0.274. The van der Waals surface area contributed by atoms with Gasteiger partial charge in [0.25, 0.3) is 5.91 Å². The molecule has 1 aromatic heterocycles. The molecule has 25 heavy (non-hydrogen) atoms. The Balaban J connectivity index is 1.65. The van der Waals surface area contributed by atoms with Crippen LogP contribution in [0.15, 0.2) is 30.5 Å². The molecule has 0 radical (unpaired) electrons. The highest BCUT2D eigenvalue weighted by molar-refractivity contribution is 5.94. The molecular weight excluding hydrogens is 325 g/mol. The van der Waals surface area contributed by atoms with Crippen molar-refractivity contribution in [3.05, 3.63) is 53.1 Å². The number of halogens is 1. The fourth-order valence-corrected chi connectivity index (χ4v) is 2.19. The predicted octanol–water partition coefficient (Wildman–Crippen LogP) is 1.58. The summed E-state index contributed by atoms with van der Waals surface area (Å²) in [5, 5.41) is 12.4. The predicted molar refractivity (Wildman–Crippen MR) is 91.6 cm³/mol. The first kappa shape index (κ1) is 18.4. The molecule has 0 fully saturated rings. The SMILES string of the molecule is CCn1cc(CNC(=O)NCCNC(=O)c2ccc(F)cc2)c(C)n1. The van der Waals surface area contributed by atoms with Crippen LogP contribution >= 0.6 is 0 Å². The van der Waals surface area contributed by atoms with E-state index in [0.717, 1.165) is 17.8 Å². The van der Waals surface area contributed by atoms with E-state index in [0.29, 0.717) is 12.1 Å². The maximum absolute atomic E-state index is 12.8. The summed E-state index contributed by atoms with van der Waals surface area (Å²) in [6.45, 7) is 5.62. The Kier molecular flexibility index (Phi) is 6.50. The van der Waals surface area contributed by atoms with Crippen LogP contribution in [-0.4, -0.2) is 34.8 Å². The monoisotopic (exact) mass is 347 g/mol. The zero-order valence-electron chi connectivity index (χ0n) is 14.3. The van der Waals surface area contributed by atoms with E-state index in [1.165, 1.54) is 24.3 Å². The Hall–Kier alpha value is -2.90. The van der Waals surface area contributed by atoms with Crippen molar-refractivity contribution in [2.75, 3.05) is 13.1 Å². The Bertz CT molecular complexity index is 727. The lowest BCUT2D eigenvalue weighted by Gasteiger charge is -2.08. The van der Waals surface area contributed by atoms with Crippen LogP contribution < -0.4 is 16.0 Å². The summed E-state index contributed by atoms with van der Waals surface area (Å²) in [4.78, 5) is 23.6. The molecule has 2 rings (SSSR count). The Morgan fingerprint density at radius 2 is 1.80 bits per heavy atom. The molecule has 1 heterocycles. The van der Waals surface area contributed by atoms with Crippen LogP contribution in [-0.2, 0) is 13.1 Å². The number of benzene rings is 1. The van der Waals surface area contributed by atoms with Crippen molar-refractivity contribution < 1.29 is 14.0 Å². The van der Waals surface area contributed by atoms with Crippen LogP contribution in [0.3, 0.4) is 0 Å². The number of hydrogen-bond donors (Lipinski definition) is 3. The zero-order valence-corrected chi connectivity index (χ0v) is 14.3. The second-order valence-corrected chi connectivity index (χ2v) is 5.47. The normalized spacial score (nSPS) is 10.4. The lowest BCUT2D eigenvalue weighted by molar-refractivity contribution is 0.0954. The molecule has 8 heteroatoms. The molecule has 0 unspecified atom stereocenters. The standard InChI is InChI=1S/C17H22FN5O2/c1-3-23-11-14(12(2)22-23)10-21-17(25)20-9-8-19-16(24)13-4-6-15(18)7-5-13/h4-7,11H,3,8-10H2,1-2H3,(H,19,24)(H2,20,21,25). The number of amides is 3. The van der Waals surface area contributed by atoms with Gasteiger partial charge in [0.05, 0.1) is 5.69 Å². The summed E-state index contributed by atoms with van der Waals surface area (Å²) >= 11 is 0. The topological polar surface area (TPSA) is 88.0 Å². The third kappa shape index (κ3) is 5.59. The van der Waals surface area contributed by atoms with Gasteiger partial charge in [-0.25, -0.2) is 9.18 Å². The molecule has 0 aliphatic heterocycles. The van der Waals surface area contributed by atoms with Crippen LogP contribution in [0.1, 0.15) is 28.5 Å². The van der Waals surface area contributed by atoms with E-state index in [2.05, 4.69) is 21.0 Å². The number of nitrogens with one attached hydrogen (secondary N) is 3. The number of hydrogen-bond acceptors (Lipinski definition) is 3. The molecule has 3 N–H and O–H groups in total. The van der Waals surface area contributed by atoms with Crippen LogP contribution in [0.5, 0.6) is 0 Å². The first-order valence-electron chi connectivity index (χ1n) is 8.08. The minimum Gasteiger partial charge on any atom is -0.350 e. The molecule has 2 aromatic rings. The molecule has 1 aromatic carbocycles. The summed E-state index contributed by atoms with van der Waals surface area (Å²) in [7, 11) is 0. The van der Waals surface area contributed by atoms with E-state index in [1.54, 1.807) is 0 Å². The molecule has 0 saturated heterocycles. The largest absolute Gasteiger partial charge is 0.350 e. The van der Waals surface area contributed by atoms with Crippen molar-refractivity contribution in [3.63, 3.8) is 0 Å². The van der Waals surface area contributed by atoms with Crippen LogP contribution in [0, 0.1) is 12.7 Å². The van der Waals surface area contributed by atoms with Crippen molar-refractivity contribution in [2.45, 2.75) is 26.9 Å². The van der Waals surface area contributed by atoms with Crippen molar-refractivity contribution in [2.24, 2.45) is 0 Å². The number of carbonyl (C=O) groups excluding carboxylic acids is 2. The minimum atomic E-state index is -0.394. The van der Waals surface area contributed by atoms with Gasteiger partial charge in [-0.1, -0.05) is 0 Å². The van der Waals surface area contributed by atoms with Gasteiger partial charge in [-0.2, -0.15) is 5.10 Å². The molecular formula is C17H22FN5O2. The van der Waals surface area contributed by atoms with Gasteiger partial charge >= 0.3 is 6.03 Å². The fraction of sp³-hybridized carbons (Fsp3) is 0.353. The van der Waals surface area contributed by atoms with Crippen LogP contribution in [0.25, 0.3) is 0 Å². The summed E-state index contributed by atoms with van der Waals surface area (Å²) in [6.07, 6.45) is 1.90. The quantitative estimate of drug-likeness (QED) is 0.665. The lowest BCUT2D eigenvalue weighted by Crippen LogP contribution is -2.40. The summed E-state index contributed by atoms with van der Waals surface area (Å²) < 4.78 is 14.6. The molecule has 0 spiro atoms. The van der Waals surface area contributed by atoms with Crippen LogP contribution in [0.4, 0.5) is 9.18 Å². The molecule has 7 nitrogen and oxygen atoms in total. The number of rotatable bonds is 7. The van der Waals surface area contributed by atoms with Crippen molar-refractivity contribution >= 4 is 11.9 Å². The van der Waals surface area contributed by atoms with Crippen molar-refractivity contribution in [3.8, 4) is 0 Å². The summed E-state index contributed by atoms with van der Waals surface area (Å²) in [5.41, 5.74) is 2.21. The smallest absolute Gasteiger partial charge is 0.315 e. The van der Waals surface area contributed by atoms with Gasteiger partial charge in [0, 0.05) is 43.5 Å². The van der Waals surface area contributed by atoms with E-state index in [4.69, 9.17) is 0 Å². The fourth-order valence-electron chi connectivity index (χ4n) is 2.19. The third-order valence-corrected chi connectivity index (χ3v) is 3.61. The molecule has 0 aliphatic rings. The highest BCUT2D eigenvalue weighted by atomic mass is 19.1. The molecule has 0 aliphatic carbocycles. The Morgan fingerprint density at radius 1 is 1.12 bits per heavy atom. The Labute approximate surface area is 145 Å². The molecule has 134 valence electrons. The first-order valence-corrected chi connectivity index (χ1v) is 8.08. The van der Waals surface area contributed by atoms with Crippen molar-refractivity contribution in [1.82, 2.24) is 25.7 Å². The number of carbonyl (C=O) groups is 2.